The number of carboxylic acid groups (broad SMARTS) is 1. The van der Waals surface area contributed by atoms with E-state index >= 15 is 0 Å². The van der Waals surface area contributed by atoms with Crippen LogP contribution in [0.15, 0.2) is 24.3 Å². The molecule has 0 unspecified atom stereocenters. The molecule has 0 aliphatic carbocycles. The van der Waals surface area contributed by atoms with Crippen LogP contribution in [0.2, 0.25) is 0 Å². The fourth-order valence-corrected chi connectivity index (χ4v) is 1.25. The van der Waals surface area contributed by atoms with Crippen LogP contribution >= 0.6 is 0 Å². The third-order valence-electron chi connectivity index (χ3n) is 2.07. The topological polar surface area (TPSA) is 104 Å². The number of rotatable bonds is 5. The predicted octanol–water partition coefficient (Wildman–Crippen LogP) is 0.855. The highest BCUT2D eigenvalue weighted by atomic mass is 16.4. The van der Waals surface area contributed by atoms with Gasteiger partial charge in [-0.1, -0.05) is 12.1 Å². The minimum absolute atomic E-state index is 0.0569. The molecule has 6 nitrogen and oxygen atoms in total. The van der Waals surface area contributed by atoms with E-state index in [2.05, 4.69) is 10.6 Å². The zero-order valence-corrected chi connectivity index (χ0v) is 9.27. The molecule has 5 N–H and O–H groups in total. The predicted molar refractivity (Wildman–Crippen MR) is 64.1 cm³/mol. The Morgan fingerprint density at radius 1 is 1.29 bits per heavy atom. The maximum absolute atomic E-state index is 11.4. The first-order valence-electron chi connectivity index (χ1n) is 5.22. The average molecular weight is 237 g/mol. The van der Waals surface area contributed by atoms with Gasteiger partial charge in [-0.25, -0.2) is 9.59 Å². The second kappa shape index (κ2) is 6.49. The highest BCUT2D eigenvalue weighted by Gasteiger charge is 2.10. The van der Waals surface area contributed by atoms with Crippen LogP contribution in [0.5, 0.6) is 0 Å². The minimum Gasteiger partial charge on any atom is -0.478 e. The molecule has 1 aromatic rings. The Labute approximate surface area is 98.8 Å². The van der Waals surface area contributed by atoms with E-state index in [1.54, 1.807) is 12.1 Å². The summed E-state index contributed by atoms with van der Waals surface area (Å²) in [6.07, 6.45) is 0.675. The van der Waals surface area contributed by atoms with Crippen molar-refractivity contribution < 1.29 is 14.7 Å². The van der Waals surface area contributed by atoms with E-state index in [9.17, 15) is 9.59 Å². The van der Waals surface area contributed by atoms with Crippen molar-refractivity contribution in [3.63, 3.8) is 0 Å². The average Bonchev–Trinajstić information content (AvgIpc) is 2.29. The Bertz CT molecular complexity index is 407. The van der Waals surface area contributed by atoms with E-state index in [0.29, 0.717) is 19.5 Å². The van der Waals surface area contributed by atoms with Crippen molar-refractivity contribution in [2.75, 3.05) is 18.4 Å². The van der Waals surface area contributed by atoms with Gasteiger partial charge in [0.1, 0.15) is 0 Å². The highest BCUT2D eigenvalue weighted by Crippen LogP contribution is 2.14. The van der Waals surface area contributed by atoms with Gasteiger partial charge in [-0.2, -0.15) is 0 Å². The van der Waals surface area contributed by atoms with Crippen LogP contribution in [0.25, 0.3) is 0 Å². The van der Waals surface area contributed by atoms with E-state index in [-0.39, 0.29) is 11.3 Å². The van der Waals surface area contributed by atoms with Crippen molar-refractivity contribution in [2.45, 2.75) is 6.42 Å². The molecule has 0 aliphatic rings. The SMILES string of the molecule is NCCCNC(=O)Nc1ccccc1C(=O)O. The summed E-state index contributed by atoms with van der Waals surface area (Å²) >= 11 is 0. The normalized spacial score (nSPS) is 9.71. The summed E-state index contributed by atoms with van der Waals surface area (Å²) in [5.74, 6) is -1.08. The van der Waals surface area contributed by atoms with E-state index in [1.807, 2.05) is 0 Å². The van der Waals surface area contributed by atoms with Crippen LogP contribution in [-0.2, 0) is 0 Å². The molecular weight excluding hydrogens is 222 g/mol. The fraction of sp³-hybridized carbons (Fsp3) is 0.273. The standard InChI is InChI=1S/C11H15N3O3/c12-6-3-7-13-11(17)14-9-5-2-1-4-8(9)10(15)16/h1-2,4-5H,3,6-7,12H2,(H,15,16)(H2,13,14,17). The molecular formula is C11H15N3O3. The van der Waals surface area contributed by atoms with E-state index in [0.717, 1.165) is 0 Å². The lowest BCUT2D eigenvalue weighted by atomic mass is 10.2. The van der Waals surface area contributed by atoms with E-state index < -0.39 is 12.0 Å². The smallest absolute Gasteiger partial charge is 0.337 e. The molecule has 92 valence electrons. The molecule has 1 rings (SSSR count). The van der Waals surface area contributed by atoms with Gasteiger partial charge >= 0.3 is 12.0 Å². The highest BCUT2D eigenvalue weighted by molar-refractivity contribution is 5.99. The van der Waals surface area contributed by atoms with Crippen molar-refractivity contribution >= 4 is 17.7 Å². The molecule has 0 radical (unpaired) electrons. The van der Waals surface area contributed by atoms with Gasteiger partial charge in [0.2, 0.25) is 0 Å². The van der Waals surface area contributed by atoms with Crippen molar-refractivity contribution in [3.8, 4) is 0 Å². The molecule has 1 aromatic carbocycles. The summed E-state index contributed by atoms with van der Waals surface area (Å²) in [5, 5.41) is 14.0. The number of benzene rings is 1. The van der Waals surface area contributed by atoms with Crippen LogP contribution in [0.3, 0.4) is 0 Å². The van der Waals surface area contributed by atoms with Gasteiger partial charge in [0.15, 0.2) is 0 Å². The summed E-state index contributed by atoms with van der Waals surface area (Å²) in [5.41, 5.74) is 5.61. The molecule has 0 bridgehead atoms. The van der Waals surface area contributed by atoms with Crippen molar-refractivity contribution in [3.05, 3.63) is 29.8 Å². The lowest BCUT2D eigenvalue weighted by Gasteiger charge is -2.09. The monoisotopic (exact) mass is 237 g/mol. The largest absolute Gasteiger partial charge is 0.478 e. The summed E-state index contributed by atoms with van der Waals surface area (Å²) in [4.78, 5) is 22.3. The maximum atomic E-state index is 11.4. The Morgan fingerprint density at radius 3 is 2.65 bits per heavy atom. The summed E-state index contributed by atoms with van der Waals surface area (Å²) < 4.78 is 0. The van der Waals surface area contributed by atoms with Crippen LogP contribution < -0.4 is 16.4 Å². The van der Waals surface area contributed by atoms with Crippen LogP contribution in [0.4, 0.5) is 10.5 Å². The molecule has 6 heteroatoms. The molecule has 17 heavy (non-hydrogen) atoms. The lowest BCUT2D eigenvalue weighted by molar-refractivity contribution is 0.0698. The third kappa shape index (κ3) is 4.12. The Kier molecular flexibility index (Phi) is 4.96. The lowest BCUT2D eigenvalue weighted by Crippen LogP contribution is -2.31. The number of aromatic carboxylic acids is 1. The number of nitrogens with two attached hydrogens (primary N) is 1. The van der Waals surface area contributed by atoms with E-state index in [4.69, 9.17) is 10.8 Å². The molecule has 0 saturated heterocycles. The zero-order valence-electron chi connectivity index (χ0n) is 9.27. The minimum atomic E-state index is -1.08. The van der Waals surface area contributed by atoms with Crippen LogP contribution in [0.1, 0.15) is 16.8 Å². The van der Waals surface area contributed by atoms with Gasteiger partial charge < -0.3 is 21.5 Å². The first-order valence-corrected chi connectivity index (χ1v) is 5.22. The number of amides is 2. The first-order chi connectivity index (χ1) is 8.15. The number of urea groups is 1. The Balaban J connectivity index is 2.61. The molecule has 0 spiro atoms. The number of hydrogen-bond donors (Lipinski definition) is 4. The summed E-state index contributed by atoms with van der Waals surface area (Å²) in [6.45, 7) is 0.948. The number of para-hydroxylation sites is 1. The van der Waals surface area contributed by atoms with Crippen molar-refractivity contribution in [1.29, 1.82) is 0 Å². The quantitative estimate of drug-likeness (QED) is 0.570. The van der Waals surface area contributed by atoms with Gasteiger partial charge in [0.25, 0.3) is 0 Å². The molecule has 0 fully saturated rings. The number of carboxylic acids is 1. The molecule has 0 atom stereocenters. The number of hydrogen-bond acceptors (Lipinski definition) is 3. The molecule has 0 heterocycles. The number of carbonyl (C=O) groups is 2. The van der Waals surface area contributed by atoms with E-state index in [1.165, 1.54) is 12.1 Å². The number of carbonyl (C=O) groups excluding carboxylic acids is 1. The van der Waals surface area contributed by atoms with Gasteiger partial charge in [-0.3, -0.25) is 0 Å². The summed E-state index contributed by atoms with van der Waals surface area (Å²) in [6, 6.07) is 5.78. The second-order valence-electron chi connectivity index (χ2n) is 3.37. The van der Waals surface area contributed by atoms with Crippen LogP contribution in [0, 0.1) is 0 Å². The number of nitrogens with one attached hydrogen (secondary N) is 2. The zero-order chi connectivity index (χ0) is 12.7. The van der Waals surface area contributed by atoms with Crippen LogP contribution in [-0.4, -0.2) is 30.2 Å². The fourth-order valence-electron chi connectivity index (χ4n) is 1.25. The summed E-state index contributed by atoms with van der Waals surface area (Å²) in [7, 11) is 0. The first kappa shape index (κ1) is 13.0. The van der Waals surface area contributed by atoms with Crippen molar-refractivity contribution in [1.82, 2.24) is 5.32 Å². The van der Waals surface area contributed by atoms with Gasteiger partial charge in [-0.15, -0.1) is 0 Å². The maximum Gasteiger partial charge on any atom is 0.337 e. The van der Waals surface area contributed by atoms with Gasteiger partial charge in [-0.05, 0) is 25.1 Å². The molecule has 0 aromatic heterocycles. The van der Waals surface area contributed by atoms with Gasteiger partial charge in [0, 0.05) is 6.54 Å². The second-order valence-corrected chi connectivity index (χ2v) is 3.37. The molecule has 2 amide bonds. The third-order valence-corrected chi connectivity index (χ3v) is 2.07. The number of anilines is 1. The Morgan fingerprint density at radius 2 is 2.00 bits per heavy atom. The molecule has 0 saturated carbocycles. The van der Waals surface area contributed by atoms with Crippen molar-refractivity contribution in [2.24, 2.45) is 5.73 Å². The molecule has 0 aliphatic heterocycles. The Hall–Kier alpha value is -2.08. The van der Waals surface area contributed by atoms with Gasteiger partial charge in [0.05, 0.1) is 11.3 Å².